The van der Waals surface area contributed by atoms with Gasteiger partial charge in [0.25, 0.3) is 5.91 Å². The molecule has 0 aliphatic carbocycles. The van der Waals surface area contributed by atoms with Crippen LogP contribution in [0.3, 0.4) is 0 Å². The van der Waals surface area contributed by atoms with E-state index in [1.807, 2.05) is 0 Å². The van der Waals surface area contributed by atoms with Crippen LogP contribution in [0.4, 0.5) is 0 Å². The fourth-order valence-corrected chi connectivity index (χ4v) is 7.17. The quantitative estimate of drug-likeness (QED) is 0.803. The lowest BCUT2D eigenvalue weighted by Gasteiger charge is -2.29. The van der Waals surface area contributed by atoms with Crippen molar-refractivity contribution >= 4 is 25.8 Å². The third kappa shape index (κ3) is 4.52. The average molecular weight is 415 g/mol. The van der Waals surface area contributed by atoms with Gasteiger partial charge in [-0.2, -0.15) is 4.31 Å². The summed E-state index contributed by atoms with van der Waals surface area (Å²) in [6, 6.07) is 5.83. The zero-order chi connectivity index (χ0) is 19.9. The number of sulfone groups is 1. The molecule has 150 valence electrons. The van der Waals surface area contributed by atoms with Crippen LogP contribution < -0.4 is 5.32 Å². The summed E-state index contributed by atoms with van der Waals surface area (Å²) in [6.07, 6.45) is 2.07. The first-order valence-corrected chi connectivity index (χ1v) is 12.4. The number of nitrogens with one attached hydrogen (secondary N) is 1. The molecule has 0 bridgehead atoms. The molecule has 3 rings (SSSR count). The van der Waals surface area contributed by atoms with E-state index in [1.165, 1.54) is 28.6 Å². The third-order valence-electron chi connectivity index (χ3n) is 5.42. The molecular weight excluding hydrogens is 388 g/mol. The summed E-state index contributed by atoms with van der Waals surface area (Å²) in [5.41, 5.74) is -0.475. The maximum Gasteiger partial charge on any atom is 0.251 e. The molecule has 0 saturated carbocycles. The molecule has 2 aliphatic rings. The van der Waals surface area contributed by atoms with Crippen LogP contribution in [0.25, 0.3) is 0 Å². The largest absolute Gasteiger partial charge is 0.346 e. The Morgan fingerprint density at radius 3 is 2.30 bits per heavy atom. The van der Waals surface area contributed by atoms with Crippen LogP contribution in [0.1, 0.15) is 43.5 Å². The maximum atomic E-state index is 12.7. The van der Waals surface area contributed by atoms with Gasteiger partial charge in [0.1, 0.15) is 0 Å². The SMILES string of the molecule is CC1CCN(S(=O)(=O)c2ccc(C(=O)NC3(C)CCS(=O)(=O)C3)cc2)CC1. The lowest BCUT2D eigenvalue weighted by molar-refractivity contribution is 0.0915. The lowest BCUT2D eigenvalue weighted by Crippen LogP contribution is -2.46. The number of hydrogen-bond acceptors (Lipinski definition) is 5. The van der Waals surface area contributed by atoms with E-state index in [-0.39, 0.29) is 16.4 Å². The molecule has 1 N–H and O–H groups in total. The van der Waals surface area contributed by atoms with Crippen LogP contribution in [0.2, 0.25) is 0 Å². The molecule has 27 heavy (non-hydrogen) atoms. The molecule has 1 amide bonds. The maximum absolute atomic E-state index is 12.7. The Kier molecular flexibility index (Phi) is 5.39. The second-order valence-corrected chi connectivity index (χ2v) is 12.1. The van der Waals surface area contributed by atoms with Gasteiger partial charge in [-0.15, -0.1) is 0 Å². The van der Waals surface area contributed by atoms with Crippen LogP contribution in [-0.4, -0.2) is 57.2 Å². The number of carbonyl (C=O) groups is 1. The van der Waals surface area contributed by atoms with Crippen molar-refractivity contribution in [1.29, 1.82) is 0 Å². The van der Waals surface area contributed by atoms with E-state index in [2.05, 4.69) is 12.2 Å². The predicted octanol–water partition coefficient (Wildman–Crippen LogP) is 1.41. The van der Waals surface area contributed by atoms with Gasteiger partial charge in [-0.25, -0.2) is 16.8 Å². The van der Waals surface area contributed by atoms with Crippen LogP contribution in [0, 0.1) is 5.92 Å². The molecule has 7 nitrogen and oxygen atoms in total. The first kappa shape index (κ1) is 20.3. The summed E-state index contributed by atoms with van der Waals surface area (Å²) in [6.45, 7) is 4.86. The topological polar surface area (TPSA) is 101 Å². The van der Waals surface area contributed by atoms with Gasteiger partial charge in [-0.3, -0.25) is 4.79 Å². The Bertz CT molecular complexity index is 917. The van der Waals surface area contributed by atoms with Gasteiger partial charge in [0, 0.05) is 18.7 Å². The summed E-state index contributed by atoms with van der Waals surface area (Å²) in [5, 5.41) is 2.78. The van der Waals surface area contributed by atoms with Crippen molar-refractivity contribution in [3.63, 3.8) is 0 Å². The van der Waals surface area contributed by atoms with Crippen molar-refractivity contribution in [2.45, 2.75) is 43.5 Å². The molecule has 0 spiro atoms. The van der Waals surface area contributed by atoms with Gasteiger partial charge in [0.05, 0.1) is 21.9 Å². The smallest absolute Gasteiger partial charge is 0.251 e. The minimum atomic E-state index is -3.56. The second-order valence-electron chi connectivity index (χ2n) is 7.97. The highest BCUT2D eigenvalue weighted by atomic mass is 32.2. The van der Waals surface area contributed by atoms with Crippen molar-refractivity contribution in [3.8, 4) is 0 Å². The van der Waals surface area contributed by atoms with Gasteiger partial charge in [0.2, 0.25) is 10.0 Å². The van der Waals surface area contributed by atoms with Gasteiger partial charge >= 0.3 is 0 Å². The van der Waals surface area contributed by atoms with Gasteiger partial charge in [-0.1, -0.05) is 6.92 Å². The molecule has 2 fully saturated rings. The van der Waals surface area contributed by atoms with Crippen LogP contribution in [-0.2, 0) is 19.9 Å². The van der Waals surface area contributed by atoms with Crippen LogP contribution in [0.5, 0.6) is 0 Å². The summed E-state index contributed by atoms with van der Waals surface area (Å²) in [7, 11) is -6.68. The zero-order valence-electron chi connectivity index (χ0n) is 15.6. The van der Waals surface area contributed by atoms with Gasteiger partial charge in [0.15, 0.2) is 9.84 Å². The Hall–Kier alpha value is -1.45. The standard InChI is InChI=1S/C18H26N2O5S2/c1-14-7-10-20(11-8-14)27(24,25)16-5-3-15(4-6-16)17(21)19-18(2)9-12-26(22,23)13-18/h3-6,14H,7-13H2,1-2H3,(H,19,21). The molecule has 1 aromatic rings. The molecule has 2 aliphatic heterocycles. The number of benzene rings is 1. The molecule has 0 radical (unpaired) electrons. The molecule has 9 heteroatoms. The highest BCUT2D eigenvalue weighted by Crippen LogP contribution is 2.25. The Morgan fingerprint density at radius 1 is 1.19 bits per heavy atom. The Morgan fingerprint density at radius 2 is 1.78 bits per heavy atom. The van der Waals surface area contributed by atoms with E-state index < -0.39 is 31.3 Å². The van der Waals surface area contributed by atoms with Crippen molar-refractivity contribution < 1.29 is 21.6 Å². The number of piperidine rings is 1. The molecule has 0 aromatic heterocycles. The van der Waals surface area contributed by atoms with E-state index in [9.17, 15) is 21.6 Å². The molecule has 1 unspecified atom stereocenters. The lowest BCUT2D eigenvalue weighted by atomic mass is 10.0. The van der Waals surface area contributed by atoms with E-state index in [0.717, 1.165) is 12.8 Å². The van der Waals surface area contributed by atoms with Crippen molar-refractivity contribution in [1.82, 2.24) is 9.62 Å². The normalized spacial score (nSPS) is 26.7. The summed E-state index contributed by atoms with van der Waals surface area (Å²) < 4.78 is 50.3. The molecular formula is C18H26N2O5S2. The summed E-state index contributed by atoms with van der Waals surface area (Å²) >= 11 is 0. The highest BCUT2D eigenvalue weighted by molar-refractivity contribution is 7.91. The Balaban J connectivity index is 1.70. The molecule has 2 heterocycles. The van der Waals surface area contributed by atoms with Crippen molar-refractivity contribution in [2.24, 2.45) is 5.92 Å². The fraction of sp³-hybridized carbons (Fsp3) is 0.611. The minimum Gasteiger partial charge on any atom is -0.346 e. The average Bonchev–Trinajstić information content (AvgIpc) is 2.88. The number of sulfonamides is 1. The number of carbonyl (C=O) groups excluding carboxylic acids is 1. The number of hydrogen-bond donors (Lipinski definition) is 1. The first-order chi connectivity index (χ1) is 12.5. The zero-order valence-corrected chi connectivity index (χ0v) is 17.3. The molecule has 2 saturated heterocycles. The minimum absolute atomic E-state index is 0.0649. The van der Waals surface area contributed by atoms with Gasteiger partial charge < -0.3 is 5.32 Å². The van der Waals surface area contributed by atoms with E-state index in [4.69, 9.17) is 0 Å². The third-order valence-corrected chi connectivity index (χ3v) is 9.23. The van der Waals surface area contributed by atoms with Crippen LogP contribution >= 0.6 is 0 Å². The van der Waals surface area contributed by atoms with E-state index in [1.54, 1.807) is 6.92 Å². The second kappa shape index (κ2) is 7.18. The molecule has 1 aromatic carbocycles. The fourth-order valence-electron chi connectivity index (χ4n) is 3.61. The Labute approximate surface area is 161 Å². The van der Waals surface area contributed by atoms with E-state index >= 15 is 0 Å². The highest BCUT2D eigenvalue weighted by Gasteiger charge is 2.39. The number of amides is 1. The van der Waals surface area contributed by atoms with Crippen molar-refractivity contribution in [2.75, 3.05) is 24.6 Å². The number of nitrogens with zero attached hydrogens (tertiary/aromatic N) is 1. The first-order valence-electron chi connectivity index (χ1n) is 9.14. The van der Waals surface area contributed by atoms with E-state index in [0.29, 0.717) is 31.0 Å². The predicted molar refractivity (Wildman–Crippen MR) is 103 cm³/mol. The molecule has 1 atom stereocenters. The summed E-state index contributed by atoms with van der Waals surface area (Å²) in [5.74, 6) is 0.120. The van der Waals surface area contributed by atoms with Gasteiger partial charge in [-0.05, 0) is 56.4 Å². The number of rotatable bonds is 4. The van der Waals surface area contributed by atoms with Crippen LogP contribution in [0.15, 0.2) is 29.2 Å². The van der Waals surface area contributed by atoms with Crippen molar-refractivity contribution in [3.05, 3.63) is 29.8 Å². The summed E-state index contributed by atoms with van der Waals surface area (Å²) in [4.78, 5) is 12.6. The monoisotopic (exact) mass is 414 g/mol.